The molecule has 1 aliphatic carbocycles. The van der Waals surface area contributed by atoms with E-state index in [0.29, 0.717) is 17.9 Å². The first kappa shape index (κ1) is 8.37. The molecule has 0 aromatic rings. The molecule has 0 bridgehead atoms. The highest BCUT2D eigenvalue weighted by atomic mass is 16.5. The maximum absolute atomic E-state index is 10.7. The van der Waals surface area contributed by atoms with Gasteiger partial charge in [0.15, 0.2) is 0 Å². The van der Waals surface area contributed by atoms with Crippen LogP contribution < -0.4 is 5.32 Å². The normalized spacial score (nSPS) is 28.4. The SMILES string of the molecule is COC(=O)NC1CC1C(C)C. The number of hydrogen-bond acceptors (Lipinski definition) is 2. The molecule has 11 heavy (non-hydrogen) atoms. The number of nitrogens with one attached hydrogen (secondary N) is 1. The minimum absolute atomic E-state index is 0.307. The molecule has 2 atom stereocenters. The van der Waals surface area contributed by atoms with Crippen molar-refractivity contribution in [1.82, 2.24) is 5.32 Å². The van der Waals surface area contributed by atoms with Crippen LogP contribution in [-0.2, 0) is 4.74 Å². The highest BCUT2D eigenvalue weighted by molar-refractivity contribution is 5.67. The van der Waals surface area contributed by atoms with Crippen molar-refractivity contribution in [2.24, 2.45) is 11.8 Å². The molecular weight excluding hydrogens is 142 g/mol. The summed E-state index contributed by atoms with van der Waals surface area (Å²) >= 11 is 0. The molecule has 0 saturated heterocycles. The zero-order valence-electron chi connectivity index (χ0n) is 7.26. The quantitative estimate of drug-likeness (QED) is 0.657. The molecule has 1 amide bonds. The summed E-state index contributed by atoms with van der Waals surface area (Å²) in [6.45, 7) is 4.34. The fourth-order valence-corrected chi connectivity index (χ4v) is 1.33. The number of hydrogen-bond donors (Lipinski definition) is 1. The summed E-state index contributed by atoms with van der Waals surface area (Å²) in [6.07, 6.45) is 0.797. The second-order valence-electron chi connectivity index (χ2n) is 3.39. The molecule has 1 saturated carbocycles. The van der Waals surface area contributed by atoms with E-state index in [4.69, 9.17) is 0 Å². The van der Waals surface area contributed by atoms with Crippen LogP contribution in [0.15, 0.2) is 0 Å². The summed E-state index contributed by atoms with van der Waals surface area (Å²) in [6, 6.07) is 0.363. The van der Waals surface area contributed by atoms with E-state index in [-0.39, 0.29) is 6.09 Å². The van der Waals surface area contributed by atoms with Gasteiger partial charge < -0.3 is 10.1 Å². The van der Waals surface area contributed by atoms with E-state index in [1.807, 2.05) is 0 Å². The van der Waals surface area contributed by atoms with Crippen molar-refractivity contribution in [3.8, 4) is 0 Å². The van der Waals surface area contributed by atoms with E-state index in [0.717, 1.165) is 6.42 Å². The lowest BCUT2D eigenvalue weighted by atomic mass is 10.1. The number of ether oxygens (including phenoxy) is 1. The molecule has 1 fully saturated rings. The first-order valence-corrected chi connectivity index (χ1v) is 3.99. The zero-order valence-corrected chi connectivity index (χ0v) is 7.26. The number of carbonyl (C=O) groups is 1. The van der Waals surface area contributed by atoms with Crippen LogP contribution in [0.1, 0.15) is 20.3 Å². The lowest BCUT2D eigenvalue weighted by molar-refractivity contribution is 0.169. The third-order valence-corrected chi connectivity index (χ3v) is 2.18. The number of alkyl carbamates (subject to hydrolysis) is 1. The number of amides is 1. The second-order valence-corrected chi connectivity index (χ2v) is 3.39. The lowest BCUT2D eigenvalue weighted by Crippen LogP contribution is -2.27. The highest BCUT2D eigenvalue weighted by Crippen LogP contribution is 2.36. The van der Waals surface area contributed by atoms with Crippen LogP contribution >= 0.6 is 0 Å². The number of rotatable bonds is 2. The van der Waals surface area contributed by atoms with Crippen LogP contribution in [0.25, 0.3) is 0 Å². The largest absolute Gasteiger partial charge is 0.453 e. The van der Waals surface area contributed by atoms with Gasteiger partial charge in [-0.3, -0.25) is 0 Å². The van der Waals surface area contributed by atoms with Gasteiger partial charge in [0.1, 0.15) is 0 Å². The zero-order chi connectivity index (χ0) is 8.43. The Morgan fingerprint density at radius 2 is 2.27 bits per heavy atom. The van der Waals surface area contributed by atoms with Gasteiger partial charge in [0.05, 0.1) is 7.11 Å². The van der Waals surface area contributed by atoms with Gasteiger partial charge in [-0.15, -0.1) is 0 Å². The Hall–Kier alpha value is -0.730. The molecule has 64 valence electrons. The molecule has 0 heterocycles. The molecule has 2 unspecified atom stereocenters. The van der Waals surface area contributed by atoms with Gasteiger partial charge in [-0.2, -0.15) is 0 Å². The standard InChI is InChI=1S/C8H15NO2/c1-5(2)6-4-7(6)9-8(10)11-3/h5-7H,4H2,1-3H3,(H,9,10). The summed E-state index contributed by atoms with van der Waals surface area (Å²) in [5.74, 6) is 1.33. The third kappa shape index (κ3) is 2.10. The van der Waals surface area contributed by atoms with Gasteiger partial charge >= 0.3 is 6.09 Å². The Morgan fingerprint density at radius 3 is 2.64 bits per heavy atom. The van der Waals surface area contributed by atoms with Gasteiger partial charge in [0.25, 0.3) is 0 Å². The molecule has 3 nitrogen and oxygen atoms in total. The van der Waals surface area contributed by atoms with Crippen LogP contribution in [0.2, 0.25) is 0 Å². The Balaban J connectivity index is 2.18. The fraction of sp³-hybridized carbons (Fsp3) is 0.875. The minimum atomic E-state index is -0.307. The van der Waals surface area contributed by atoms with E-state index in [1.165, 1.54) is 7.11 Å². The fourth-order valence-electron chi connectivity index (χ4n) is 1.33. The first-order chi connectivity index (χ1) is 5.15. The third-order valence-electron chi connectivity index (χ3n) is 2.18. The molecule has 1 rings (SSSR count). The Kier molecular flexibility index (Phi) is 2.37. The molecule has 1 N–H and O–H groups in total. The molecule has 0 spiro atoms. The van der Waals surface area contributed by atoms with Gasteiger partial charge in [0.2, 0.25) is 0 Å². The van der Waals surface area contributed by atoms with Gasteiger partial charge in [-0.25, -0.2) is 4.79 Å². The van der Waals surface area contributed by atoms with Gasteiger partial charge in [-0.05, 0) is 18.3 Å². The van der Waals surface area contributed by atoms with Crippen molar-refractivity contribution in [2.75, 3.05) is 7.11 Å². The smallest absolute Gasteiger partial charge is 0.407 e. The topological polar surface area (TPSA) is 38.3 Å². The molecule has 0 aromatic heterocycles. The summed E-state index contributed by atoms with van der Waals surface area (Å²) < 4.78 is 4.48. The maximum atomic E-state index is 10.7. The van der Waals surface area contributed by atoms with Crippen LogP contribution in [0.3, 0.4) is 0 Å². The van der Waals surface area contributed by atoms with Crippen molar-refractivity contribution in [3.63, 3.8) is 0 Å². The van der Waals surface area contributed by atoms with Crippen molar-refractivity contribution in [2.45, 2.75) is 26.3 Å². The average Bonchev–Trinajstić information content (AvgIpc) is 2.67. The summed E-state index contributed by atoms with van der Waals surface area (Å²) in [7, 11) is 1.39. The predicted molar refractivity (Wildman–Crippen MR) is 42.3 cm³/mol. The molecule has 0 aromatic carbocycles. The van der Waals surface area contributed by atoms with E-state index in [9.17, 15) is 4.79 Å². The van der Waals surface area contributed by atoms with E-state index < -0.39 is 0 Å². The minimum Gasteiger partial charge on any atom is -0.453 e. The molecule has 0 aliphatic heterocycles. The van der Waals surface area contributed by atoms with Crippen molar-refractivity contribution in [1.29, 1.82) is 0 Å². The van der Waals surface area contributed by atoms with E-state index >= 15 is 0 Å². The van der Waals surface area contributed by atoms with Crippen LogP contribution in [0.4, 0.5) is 4.79 Å². The monoisotopic (exact) mass is 157 g/mol. The lowest BCUT2D eigenvalue weighted by Gasteiger charge is -2.04. The summed E-state index contributed by atoms with van der Waals surface area (Å²) in [4.78, 5) is 10.7. The molecular formula is C8H15NO2. The Bertz CT molecular complexity index is 156. The maximum Gasteiger partial charge on any atom is 0.407 e. The summed E-state index contributed by atoms with van der Waals surface area (Å²) in [5, 5.41) is 2.77. The van der Waals surface area contributed by atoms with Crippen molar-refractivity contribution in [3.05, 3.63) is 0 Å². The van der Waals surface area contributed by atoms with Crippen molar-refractivity contribution < 1.29 is 9.53 Å². The predicted octanol–water partition coefficient (Wildman–Crippen LogP) is 1.39. The molecule has 1 aliphatic rings. The highest BCUT2D eigenvalue weighted by Gasteiger charge is 2.40. The van der Waals surface area contributed by atoms with Gasteiger partial charge in [0, 0.05) is 6.04 Å². The molecule has 0 radical (unpaired) electrons. The second kappa shape index (κ2) is 3.11. The van der Waals surface area contributed by atoms with Crippen LogP contribution in [0, 0.1) is 11.8 Å². The van der Waals surface area contributed by atoms with Gasteiger partial charge in [-0.1, -0.05) is 13.8 Å². The van der Waals surface area contributed by atoms with Crippen molar-refractivity contribution >= 4 is 6.09 Å². The average molecular weight is 157 g/mol. The van der Waals surface area contributed by atoms with E-state index in [2.05, 4.69) is 23.9 Å². The van der Waals surface area contributed by atoms with Crippen LogP contribution in [0.5, 0.6) is 0 Å². The first-order valence-electron chi connectivity index (χ1n) is 3.99. The number of carbonyl (C=O) groups excluding carboxylic acids is 1. The van der Waals surface area contributed by atoms with Crippen LogP contribution in [-0.4, -0.2) is 19.2 Å². The molecule has 3 heteroatoms. The summed E-state index contributed by atoms with van der Waals surface area (Å²) in [5.41, 5.74) is 0. The number of methoxy groups -OCH3 is 1. The Morgan fingerprint density at radius 1 is 1.64 bits per heavy atom. The Labute approximate surface area is 67.1 Å². The van der Waals surface area contributed by atoms with E-state index in [1.54, 1.807) is 0 Å².